The van der Waals surface area contributed by atoms with Gasteiger partial charge in [-0.3, -0.25) is 0 Å². The van der Waals surface area contributed by atoms with Gasteiger partial charge in [0, 0.05) is 16.1 Å². The van der Waals surface area contributed by atoms with Crippen molar-refractivity contribution in [2.24, 2.45) is 0 Å². The zero-order chi connectivity index (χ0) is 14.3. The van der Waals surface area contributed by atoms with Gasteiger partial charge in [0.25, 0.3) is 0 Å². The second-order valence-corrected chi connectivity index (χ2v) is 7.56. The van der Waals surface area contributed by atoms with Crippen LogP contribution in [-0.4, -0.2) is 9.97 Å². The highest BCUT2D eigenvalue weighted by Crippen LogP contribution is 2.35. The van der Waals surface area contributed by atoms with E-state index in [1.54, 1.807) is 11.3 Å². The number of hydrogen-bond donors (Lipinski definition) is 1. The maximum atomic E-state index is 6.13. The topological polar surface area (TPSA) is 51.8 Å². The number of hydrogen-bond acceptors (Lipinski definition) is 4. The summed E-state index contributed by atoms with van der Waals surface area (Å²) in [6, 6.07) is 4.30. The number of rotatable bonds is 1. The van der Waals surface area contributed by atoms with Crippen LogP contribution in [0.4, 0.5) is 5.82 Å². The Morgan fingerprint density at radius 2 is 1.85 bits per heavy atom. The van der Waals surface area contributed by atoms with Gasteiger partial charge < -0.3 is 5.73 Å². The van der Waals surface area contributed by atoms with E-state index >= 15 is 0 Å². The first-order valence-corrected chi connectivity index (χ1v) is 8.03. The summed E-state index contributed by atoms with van der Waals surface area (Å²) in [5.74, 6) is 1.47. The van der Waals surface area contributed by atoms with E-state index in [4.69, 9.17) is 10.7 Å². The Labute approximate surface area is 124 Å². The molecule has 0 radical (unpaired) electrons. The minimum absolute atomic E-state index is 0.169. The first kappa shape index (κ1) is 13.6. The zero-order valence-corrected chi connectivity index (χ0v) is 13.2. The molecule has 2 aromatic heterocycles. The lowest BCUT2D eigenvalue weighted by atomic mass is 9.95. The van der Waals surface area contributed by atoms with E-state index in [-0.39, 0.29) is 5.41 Å². The maximum absolute atomic E-state index is 6.13. The van der Waals surface area contributed by atoms with Gasteiger partial charge in [-0.2, -0.15) is 0 Å². The fourth-order valence-corrected chi connectivity index (χ4v) is 3.59. The molecule has 0 unspecified atom stereocenters. The number of aromatic nitrogens is 2. The van der Waals surface area contributed by atoms with Crippen LogP contribution in [0.25, 0.3) is 10.7 Å². The maximum Gasteiger partial charge on any atom is 0.171 e. The van der Waals surface area contributed by atoms with Crippen LogP contribution in [0.15, 0.2) is 12.1 Å². The summed E-state index contributed by atoms with van der Waals surface area (Å²) >= 11 is 1.77. The number of nitrogens with two attached hydrogens (primary N) is 1. The van der Waals surface area contributed by atoms with Crippen molar-refractivity contribution in [1.29, 1.82) is 0 Å². The third kappa shape index (κ3) is 2.44. The molecule has 0 spiro atoms. The van der Waals surface area contributed by atoms with Gasteiger partial charge in [-0.15, -0.1) is 11.3 Å². The first-order chi connectivity index (χ1) is 9.45. The third-order valence-electron chi connectivity index (χ3n) is 3.78. The SMILES string of the molecule is CC(C)(C)c1ccc(-c2nc(N)c3c(n2)CCCC3)s1. The summed E-state index contributed by atoms with van der Waals surface area (Å²) in [4.78, 5) is 11.8. The molecule has 0 aliphatic heterocycles. The average Bonchev–Trinajstić information content (AvgIpc) is 2.88. The summed E-state index contributed by atoms with van der Waals surface area (Å²) < 4.78 is 0. The Kier molecular flexibility index (Phi) is 3.28. The highest BCUT2D eigenvalue weighted by atomic mass is 32.1. The second kappa shape index (κ2) is 4.85. The Balaban J connectivity index is 2.02. The Morgan fingerprint density at radius 3 is 2.55 bits per heavy atom. The van der Waals surface area contributed by atoms with Crippen LogP contribution in [0.2, 0.25) is 0 Å². The van der Waals surface area contributed by atoms with Crippen molar-refractivity contribution in [3.05, 3.63) is 28.3 Å². The van der Waals surface area contributed by atoms with E-state index in [2.05, 4.69) is 37.9 Å². The van der Waals surface area contributed by atoms with Gasteiger partial charge >= 0.3 is 0 Å². The molecule has 3 rings (SSSR count). The molecule has 0 atom stereocenters. The Morgan fingerprint density at radius 1 is 1.10 bits per heavy atom. The van der Waals surface area contributed by atoms with Crippen molar-refractivity contribution in [2.45, 2.75) is 51.9 Å². The lowest BCUT2D eigenvalue weighted by Gasteiger charge is -2.17. The van der Waals surface area contributed by atoms with E-state index in [9.17, 15) is 0 Å². The highest BCUT2D eigenvalue weighted by molar-refractivity contribution is 7.15. The molecule has 0 amide bonds. The molecule has 0 fully saturated rings. The van der Waals surface area contributed by atoms with Gasteiger partial charge in [0.1, 0.15) is 5.82 Å². The molecular weight excluding hydrogens is 266 g/mol. The van der Waals surface area contributed by atoms with E-state index in [0.29, 0.717) is 5.82 Å². The predicted octanol–water partition coefficient (Wildman–Crippen LogP) is 3.96. The first-order valence-electron chi connectivity index (χ1n) is 7.21. The summed E-state index contributed by atoms with van der Waals surface area (Å²) in [7, 11) is 0. The summed E-state index contributed by atoms with van der Waals surface area (Å²) in [6.07, 6.45) is 4.47. The number of aryl methyl sites for hydroxylation is 1. The molecule has 2 aromatic rings. The van der Waals surface area contributed by atoms with Gasteiger partial charge in [0.05, 0.1) is 4.88 Å². The molecule has 4 heteroatoms. The Hall–Kier alpha value is -1.42. The fourth-order valence-electron chi connectivity index (χ4n) is 2.59. The number of anilines is 1. The highest BCUT2D eigenvalue weighted by Gasteiger charge is 2.20. The molecule has 2 heterocycles. The van der Waals surface area contributed by atoms with Crippen LogP contribution in [0.3, 0.4) is 0 Å². The molecule has 0 saturated carbocycles. The van der Waals surface area contributed by atoms with Crippen LogP contribution in [0.1, 0.15) is 49.7 Å². The number of nitrogens with zero attached hydrogens (tertiary/aromatic N) is 2. The quantitative estimate of drug-likeness (QED) is 0.863. The molecule has 0 saturated heterocycles. The van der Waals surface area contributed by atoms with Gasteiger partial charge in [0.15, 0.2) is 5.82 Å². The fraction of sp³-hybridized carbons (Fsp3) is 0.500. The van der Waals surface area contributed by atoms with Crippen molar-refractivity contribution in [2.75, 3.05) is 5.73 Å². The van der Waals surface area contributed by atoms with Crippen LogP contribution in [0.5, 0.6) is 0 Å². The molecule has 0 aromatic carbocycles. The second-order valence-electron chi connectivity index (χ2n) is 6.48. The van der Waals surface area contributed by atoms with Gasteiger partial charge in [-0.25, -0.2) is 9.97 Å². The van der Waals surface area contributed by atoms with Crippen LogP contribution in [0, 0.1) is 0 Å². The normalized spacial score (nSPS) is 15.2. The van der Waals surface area contributed by atoms with Gasteiger partial charge in [-0.1, -0.05) is 20.8 Å². The number of nitrogen functional groups attached to an aromatic ring is 1. The largest absolute Gasteiger partial charge is 0.383 e. The minimum Gasteiger partial charge on any atom is -0.383 e. The third-order valence-corrected chi connectivity index (χ3v) is 5.29. The monoisotopic (exact) mass is 287 g/mol. The van der Waals surface area contributed by atoms with Crippen molar-refractivity contribution < 1.29 is 0 Å². The van der Waals surface area contributed by atoms with E-state index in [0.717, 1.165) is 29.2 Å². The lowest BCUT2D eigenvalue weighted by Crippen LogP contribution is -2.11. The van der Waals surface area contributed by atoms with Crippen molar-refractivity contribution in [1.82, 2.24) is 9.97 Å². The molecule has 106 valence electrons. The van der Waals surface area contributed by atoms with E-state index in [1.165, 1.54) is 23.3 Å². The van der Waals surface area contributed by atoms with Crippen molar-refractivity contribution in [3.63, 3.8) is 0 Å². The van der Waals surface area contributed by atoms with Gasteiger partial charge in [0.2, 0.25) is 0 Å². The van der Waals surface area contributed by atoms with E-state index in [1.807, 2.05) is 0 Å². The molecule has 3 nitrogen and oxygen atoms in total. The molecule has 1 aliphatic rings. The number of fused-ring (bicyclic) bond motifs is 1. The van der Waals surface area contributed by atoms with Crippen molar-refractivity contribution >= 4 is 17.2 Å². The standard InChI is InChI=1S/C16H21N3S/c1-16(2,3)13-9-8-12(20-13)15-18-11-7-5-4-6-10(11)14(17)19-15/h8-9H,4-7H2,1-3H3,(H2,17,18,19). The summed E-state index contributed by atoms with van der Waals surface area (Å²) in [5.41, 5.74) is 8.63. The van der Waals surface area contributed by atoms with Gasteiger partial charge in [-0.05, 0) is 43.2 Å². The molecule has 0 bridgehead atoms. The van der Waals surface area contributed by atoms with Crippen LogP contribution < -0.4 is 5.73 Å². The molecule has 1 aliphatic carbocycles. The van der Waals surface area contributed by atoms with E-state index < -0.39 is 0 Å². The smallest absolute Gasteiger partial charge is 0.171 e. The predicted molar refractivity (Wildman–Crippen MR) is 85.1 cm³/mol. The minimum atomic E-state index is 0.169. The molecule has 20 heavy (non-hydrogen) atoms. The van der Waals surface area contributed by atoms with Crippen LogP contribution >= 0.6 is 11.3 Å². The lowest BCUT2D eigenvalue weighted by molar-refractivity contribution is 0.604. The summed E-state index contributed by atoms with van der Waals surface area (Å²) in [6.45, 7) is 6.68. The Bertz CT molecular complexity index is 638. The number of thiophene rings is 1. The van der Waals surface area contributed by atoms with Crippen LogP contribution in [-0.2, 0) is 18.3 Å². The van der Waals surface area contributed by atoms with Crippen molar-refractivity contribution in [3.8, 4) is 10.7 Å². The molecule has 2 N–H and O–H groups in total. The molecular formula is C16H21N3S. The summed E-state index contributed by atoms with van der Waals surface area (Å²) in [5, 5.41) is 0. The zero-order valence-electron chi connectivity index (χ0n) is 12.4. The average molecular weight is 287 g/mol.